The molecule has 1 N–H and O–H groups in total. The molecule has 2 aromatic carbocycles. The number of nitrogens with one attached hydrogen (secondary N) is 1. The van der Waals surface area contributed by atoms with Gasteiger partial charge in [0.15, 0.2) is 5.03 Å². The van der Waals surface area contributed by atoms with Gasteiger partial charge in [-0.25, -0.2) is 13.4 Å². The maximum Gasteiger partial charge on any atom is 0.262 e. The molecule has 28 heavy (non-hydrogen) atoms. The van der Waals surface area contributed by atoms with Crippen LogP contribution in [0.4, 0.5) is 5.69 Å². The SMILES string of the molecule is Cc1cccc(N[C@H]2CN(S(=O)(=O)c3cn(C)cn3)C[C@@H]2c2ccccc2)c1. The summed E-state index contributed by atoms with van der Waals surface area (Å²) in [4.78, 5) is 4.06. The van der Waals surface area contributed by atoms with Crippen LogP contribution in [0.2, 0.25) is 0 Å². The third-order valence-corrected chi connectivity index (χ3v) is 6.89. The van der Waals surface area contributed by atoms with Gasteiger partial charge < -0.3 is 9.88 Å². The molecule has 7 heteroatoms. The Bertz CT molecular complexity index is 1060. The van der Waals surface area contributed by atoms with Crippen molar-refractivity contribution >= 4 is 15.7 Å². The zero-order chi connectivity index (χ0) is 19.7. The second kappa shape index (κ2) is 7.41. The first-order valence-electron chi connectivity index (χ1n) is 9.30. The van der Waals surface area contributed by atoms with Crippen molar-refractivity contribution < 1.29 is 8.42 Å². The van der Waals surface area contributed by atoms with E-state index < -0.39 is 10.0 Å². The molecule has 1 aromatic heterocycles. The summed E-state index contributed by atoms with van der Waals surface area (Å²) >= 11 is 0. The molecule has 0 unspecified atom stereocenters. The molecule has 0 bridgehead atoms. The Morgan fingerprint density at radius 1 is 1.07 bits per heavy atom. The number of benzene rings is 2. The van der Waals surface area contributed by atoms with Gasteiger partial charge in [0.05, 0.1) is 6.33 Å². The van der Waals surface area contributed by atoms with Crippen LogP contribution in [0, 0.1) is 6.92 Å². The molecule has 0 aliphatic carbocycles. The Kier molecular flexibility index (Phi) is 4.95. The number of hydrogen-bond acceptors (Lipinski definition) is 4. The number of anilines is 1. The molecule has 0 saturated carbocycles. The fraction of sp³-hybridized carbons (Fsp3) is 0.286. The van der Waals surface area contributed by atoms with Crippen LogP contribution in [0.3, 0.4) is 0 Å². The molecule has 1 fully saturated rings. The van der Waals surface area contributed by atoms with Crippen LogP contribution < -0.4 is 5.32 Å². The summed E-state index contributed by atoms with van der Waals surface area (Å²) in [6.45, 7) is 2.87. The van der Waals surface area contributed by atoms with Gasteiger partial charge in [-0.2, -0.15) is 4.31 Å². The molecule has 0 radical (unpaired) electrons. The van der Waals surface area contributed by atoms with Crippen LogP contribution in [0.1, 0.15) is 17.0 Å². The molecule has 4 rings (SSSR count). The average molecular weight is 397 g/mol. The second-order valence-corrected chi connectivity index (χ2v) is 9.22. The molecule has 1 aliphatic heterocycles. The Morgan fingerprint density at radius 3 is 2.54 bits per heavy atom. The molecule has 0 spiro atoms. The van der Waals surface area contributed by atoms with Crippen LogP contribution >= 0.6 is 0 Å². The van der Waals surface area contributed by atoms with E-state index in [-0.39, 0.29) is 17.0 Å². The van der Waals surface area contributed by atoms with Gasteiger partial charge in [0.25, 0.3) is 10.0 Å². The quantitative estimate of drug-likeness (QED) is 0.720. The first-order valence-corrected chi connectivity index (χ1v) is 10.7. The lowest BCUT2D eigenvalue weighted by molar-refractivity contribution is 0.468. The van der Waals surface area contributed by atoms with Gasteiger partial charge in [0, 0.05) is 44.0 Å². The third-order valence-electron chi connectivity index (χ3n) is 5.17. The molecule has 1 saturated heterocycles. The van der Waals surface area contributed by atoms with Crippen molar-refractivity contribution in [2.75, 3.05) is 18.4 Å². The Balaban J connectivity index is 1.65. The normalized spacial score (nSPS) is 20.4. The largest absolute Gasteiger partial charge is 0.380 e. The second-order valence-electron chi connectivity index (χ2n) is 7.34. The highest BCUT2D eigenvalue weighted by atomic mass is 32.2. The van der Waals surface area contributed by atoms with Gasteiger partial charge >= 0.3 is 0 Å². The van der Waals surface area contributed by atoms with Gasteiger partial charge in [-0.15, -0.1) is 0 Å². The molecule has 2 atom stereocenters. The summed E-state index contributed by atoms with van der Waals surface area (Å²) < 4.78 is 29.4. The predicted molar refractivity (Wildman–Crippen MR) is 110 cm³/mol. The maximum atomic E-state index is 13.1. The highest BCUT2D eigenvalue weighted by Gasteiger charge is 2.40. The van der Waals surface area contributed by atoms with E-state index in [4.69, 9.17) is 0 Å². The molecular weight excluding hydrogens is 372 g/mol. The van der Waals surface area contributed by atoms with Crippen molar-refractivity contribution in [1.29, 1.82) is 0 Å². The van der Waals surface area contributed by atoms with Crippen molar-refractivity contribution in [2.24, 2.45) is 7.05 Å². The molecule has 0 amide bonds. The van der Waals surface area contributed by atoms with E-state index in [1.165, 1.54) is 6.33 Å². The molecule has 1 aliphatic rings. The van der Waals surface area contributed by atoms with Gasteiger partial charge in [-0.1, -0.05) is 42.5 Å². The lowest BCUT2D eigenvalue weighted by atomic mass is 9.94. The van der Waals surface area contributed by atoms with Crippen LogP contribution in [0.5, 0.6) is 0 Å². The smallest absolute Gasteiger partial charge is 0.262 e. The van der Waals surface area contributed by atoms with Crippen molar-refractivity contribution in [2.45, 2.75) is 23.9 Å². The minimum atomic E-state index is -3.63. The van der Waals surface area contributed by atoms with Crippen LogP contribution in [-0.2, 0) is 17.1 Å². The molecule has 6 nitrogen and oxygen atoms in total. The summed E-state index contributed by atoms with van der Waals surface area (Å²) in [5.41, 5.74) is 3.30. The monoisotopic (exact) mass is 396 g/mol. The van der Waals surface area contributed by atoms with Crippen molar-refractivity contribution in [1.82, 2.24) is 13.9 Å². The van der Waals surface area contributed by atoms with E-state index in [0.29, 0.717) is 13.1 Å². The maximum absolute atomic E-state index is 13.1. The Labute approximate surface area is 165 Å². The number of sulfonamides is 1. The molecule has 3 aromatic rings. The minimum Gasteiger partial charge on any atom is -0.380 e. The van der Waals surface area contributed by atoms with E-state index in [2.05, 4.69) is 28.5 Å². The lowest BCUT2D eigenvalue weighted by Crippen LogP contribution is -2.32. The summed E-state index contributed by atoms with van der Waals surface area (Å²) in [5, 5.41) is 3.65. The summed E-state index contributed by atoms with van der Waals surface area (Å²) in [5.74, 6) is 0.0557. The minimum absolute atomic E-state index is 0.0253. The Morgan fingerprint density at radius 2 is 1.86 bits per heavy atom. The number of aromatic nitrogens is 2. The van der Waals surface area contributed by atoms with E-state index in [0.717, 1.165) is 16.8 Å². The highest BCUT2D eigenvalue weighted by molar-refractivity contribution is 7.89. The van der Waals surface area contributed by atoms with Crippen molar-refractivity contribution in [3.63, 3.8) is 0 Å². The molecule has 2 heterocycles. The van der Waals surface area contributed by atoms with Gasteiger partial charge in [-0.05, 0) is 30.2 Å². The molecular formula is C21H24N4O2S. The standard InChI is InChI=1S/C21H24N4O2S/c1-16-7-6-10-18(11-16)23-20-13-25(12-19(20)17-8-4-3-5-9-17)28(26,27)21-14-24(2)15-22-21/h3-11,14-15,19-20,23H,12-13H2,1-2H3/t19-,20+/m1/s1. The van der Waals surface area contributed by atoms with E-state index >= 15 is 0 Å². The van der Waals surface area contributed by atoms with E-state index in [1.54, 1.807) is 22.1 Å². The first-order chi connectivity index (χ1) is 13.4. The van der Waals surface area contributed by atoms with Gasteiger partial charge in [0.1, 0.15) is 0 Å². The van der Waals surface area contributed by atoms with E-state index in [9.17, 15) is 8.42 Å². The third kappa shape index (κ3) is 3.68. The summed E-state index contributed by atoms with van der Waals surface area (Å²) in [6, 6.07) is 18.2. The van der Waals surface area contributed by atoms with Gasteiger partial charge in [0.2, 0.25) is 0 Å². The van der Waals surface area contributed by atoms with Crippen LogP contribution in [0.15, 0.2) is 72.1 Å². The topological polar surface area (TPSA) is 67.2 Å². The zero-order valence-corrected chi connectivity index (χ0v) is 16.8. The van der Waals surface area contributed by atoms with Crippen molar-refractivity contribution in [3.05, 3.63) is 78.2 Å². The number of rotatable bonds is 5. The van der Waals surface area contributed by atoms with Crippen molar-refractivity contribution in [3.8, 4) is 0 Å². The highest BCUT2D eigenvalue weighted by Crippen LogP contribution is 2.33. The number of imidazole rings is 1. The number of hydrogen-bond donors (Lipinski definition) is 1. The predicted octanol–water partition coefficient (Wildman–Crippen LogP) is 3.00. The fourth-order valence-corrected chi connectivity index (χ4v) is 5.21. The summed E-state index contributed by atoms with van der Waals surface area (Å²) in [7, 11) is -1.86. The van der Waals surface area contributed by atoms with Crippen LogP contribution in [-0.4, -0.2) is 41.4 Å². The molecule has 146 valence electrons. The fourth-order valence-electron chi connectivity index (χ4n) is 3.75. The lowest BCUT2D eigenvalue weighted by Gasteiger charge is -2.21. The number of nitrogens with zero attached hydrogens (tertiary/aromatic N) is 3. The number of aryl methyl sites for hydroxylation is 2. The zero-order valence-electron chi connectivity index (χ0n) is 16.0. The first kappa shape index (κ1) is 18.7. The van der Waals surface area contributed by atoms with Gasteiger partial charge in [-0.3, -0.25) is 0 Å². The Hall–Kier alpha value is -2.64. The van der Waals surface area contributed by atoms with Crippen LogP contribution in [0.25, 0.3) is 0 Å². The average Bonchev–Trinajstić information content (AvgIpc) is 3.30. The summed E-state index contributed by atoms with van der Waals surface area (Å²) in [6.07, 6.45) is 3.06. The van der Waals surface area contributed by atoms with E-state index in [1.807, 2.05) is 43.3 Å².